The van der Waals surface area contributed by atoms with Crippen LogP contribution >= 0.6 is 11.3 Å². The number of rotatable bonds is 3. The fourth-order valence-corrected chi connectivity index (χ4v) is 3.06. The minimum Gasteiger partial charge on any atom is -0.462 e. The maximum absolute atomic E-state index is 11.6. The third-order valence-corrected chi connectivity index (χ3v) is 3.75. The number of carbonyl (C=O) groups is 2. The molecule has 15 heavy (non-hydrogen) atoms. The van der Waals surface area contributed by atoms with Crippen molar-refractivity contribution in [1.29, 1.82) is 0 Å². The van der Waals surface area contributed by atoms with Crippen LogP contribution in [0.25, 0.3) is 0 Å². The molecule has 0 aromatic carbocycles. The molecule has 0 radical (unpaired) electrons. The van der Waals surface area contributed by atoms with Gasteiger partial charge >= 0.3 is 5.97 Å². The maximum Gasteiger partial charge on any atom is 0.348 e. The average molecular weight is 224 g/mol. The molecule has 0 atom stereocenters. The Morgan fingerprint density at radius 3 is 2.87 bits per heavy atom. The highest BCUT2D eigenvalue weighted by Crippen LogP contribution is 2.34. The molecule has 1 aliphatic rings. The van der Waals surface area contributed by atoms with Gasteiger partial charge in [0.1, 0.15) is 4.88 Å². The van der Waals surface area contributed by atoms with E-state index in [-0.39, 0.29) is 5.97 Å². The molecule has 0 aliphatic heterocycles. The number of thiophene rings is 1. The molecule has 1 aromatic rings. The number of hydrogen-bond donors (Lipinski definition) is 0. The molecule has 1 aliphatic carbocycles. The number of carbonyl (C=O) groups excluding carboxylic acids is 2. The van der Waals surface area contributed by atoms with E-state index in [9.17, 15) is 9.59 Å². The summed E-state index contributed by atoms with van der Waals surface area (Å²) in [5.41, 5.74) is 2.11. The lowest BCUT2D eigenvalue weighted by Gasteiger charge is -2.00. The van der Waals surface area contributed by atoms with Crippen molar-refractivity contribution in [3.8, 4) is 0 Å². The van der Waals surface area contributed by atoms with E-state index in [0.29, 0.717) is 16.4 Å². The Kier molecular flexibility index (Phi) is 2.86. The standard InChI is InChI=1S/C11H12O3S/c1-2-14-11(13)10-8-5-3-4-7(8)9(6-12)15-10/h6H,2-5H2,1H3. The first-order valence-corrected chi connectivity index (χ1v) is 5.86. The van der Waals surface area contributed by atoms with E-state index in [2.05, 4.69) is 0 Å². The van der Waals surface area contributed by atoms with Gasteiger partial charge in [0, 0.05) is 0 Å². The molecule has 2 rings (SSSR count). The molecule has 0 N–H and O–H groups in total. The SMILES string of the molecule is CCOC(=O)c1sc(C=O)c2c1CCC2. The van der Waals surface area contributed by atoms with Gasteiger partial charge in [-0.2, -0.15) is 0 Å². The van der Waals surface area contributed by atoms with Crippen LogP contribution in [0.4, 0.5) is 0 Å². The second-order valence-electron chi connectivity index (χ2n) is 3.44. The maximum atomic E-state index is 11.6. The smallest absolute Gasteiger partial charge is 0.348 e. The average Bonchev–Trinajstić information content (AvgIpc) is 2.77. The third kappa shape index (κ3) is 1.69. The number of esters is 1. The Morgan fingerprint density at radius 2 is 2.20 bits per heavy atom. The summed E-state index contributed by atoms with van der Waals surface area (Å²) in [6, 6.07) is 0. The van der Waals surface area contributed by atoms with Gasteiger partial charge < -0.3 is 4.74 Å². The van der Waals surface area contributed by atoms with E-state index in [1.165, 1.54) is 11.3 Å². The van der Waals surface area contributed by atoms with Crippen LogP contribution in [0, 0.1) is 0 Å². The summed E-state index contributed by atoms with van der Waals surface area (Å²) < 4.78 is 4.97. The zero-order valence-electron chi connectivity index (χ0n) is 8.54. The van der Waals surface area contributed by atoms with E-state index >= 15 is 0 Å². The highest BCUT2D eigenvalue weighted by Gasteiger charge is 2.26. The second kappa shape index (κ2) is 4.14. The zero-order valence-corrected chi connectivity index (χ0v) is 9.36. The highest BCUT2D eigenvalue weighted by molar-refractivity contribution is 7.16. The molecule has 0 saturated heterocycles. The predicted octanol–water partition coefficient (Wildman–Crippen LogP) is 2.23. The first-order valence-electron chi connectivity index (χ1n) is 5.04. The van der Waals surface area contributed by atoms with E-state index < -0.39 is 0 Å². The molecule has 1 heterocycles. The van der Waals surface area contributed by atoms with Gasteiger partial charge in [-0.15, -0.1) is 11.3 Å². The molecule has 3 nitrogen and oxygen atoms in total. The summed E-state index contributed by atoms with van der Waals surface area (Å²) in [5.74, 6) is -0.284. The molecule has 0 spiro atoms. The summed E-state index contributed by atoms with van der Waals surface area (Å²) in [6.07, 6.45) is 3.69. The molecule has 0 unspecified atom stereocenters. The van der Waals surface area contributed by atoms with Crippen LogP contribution in [0.3, 0.4) is 0 Å². The van der Waals surface area contributed by atoms with Crippen LogP contribution < -0.4 is 0 Å². The lowest BCUT2D eigenvalue weighted by atomic mass is 10.1. The van der Waals surface area contributed by atoms with Crippen LogP contribution in [-0.2, 0) is 17.6 Å². The van der Waals surface area contributed by atoms with Crippen LogP contribution in [0.1, 0.15) is 43.8 Å². The molecule has 0 amide bonds. The molecule has 0 bridgehead atoms. The van der Waals surface area contributed by atoms with Gasteiger partial charge in [0.25, 0.3) is 0 Å². The van der Waals surface area contributed by atoms with Crippen LogP contribution in [0.15, 0.2) is 0 Å². The summed E-state index contributed by atoms with van der Waals surface area (Å²) in [7, 11) is 0. The first-order chi connectivity index (χ1) is 7.27. The van der Waals surface area contributed by atoms with E-state index in [0.717, 1.165) is 36.7 Å². The van der Waals surface area contributed by atoms with Crippen molar-refractivity contribution in [3.05, 3.63) is 20.9 Å². The van der Waals surface area contributed by atoms with Crippen LogP contribution in [0.2, 0.25) is 0 Å². The molecule has 0 saturated carbocycles. The van der Waals surface area contributed by atoms with Gasteiger partial charge in [-0.1, -0.05) is 0 Å². The normalized spacial score (nSPS) is 13.7. The largest absolute Gasteiger partial charge is 0.462 e. The Bertz CT molecular complexity index is 406. The van der Waals surface area contributed by atoms with Crippen molar-refractivity contribution in [3.63, 3.8) is 0 Å². The van der Waals surface area contributed by atoms with Crippen molar-refractivity contribution in [1.82, 2.24) is 0 Å². The molecule has 0 fully saturated rings. The number of hydrogen-bond acceptors (Lipinski definition) is 4. The van der Waals surface area contributed by atoms with E-state index in [4.69, 9.17) is 4.74 Å². The Hall–Kier alpha value is -1.16. The molecule has 4 heteroatoms. The topological polar surface area (TPSA) is 43.4 Å². The van der Waals surface area contributed by atoms with Crippen molar-refractivity contribution >= 4 is 23.6 Å². The monoisotopic (exact) mass is 224 g/mol. The molecular formula is C11H12O3S. The summed E-state index contributed by atoms with van der Waals surface area (Å²) >= 11 is 1.27. The minimum atomic E-state index is -0.284. The second-order valence-corrected chi connectivity index (χ2v) is 4.50. The van der Waals surface area contributed by atoms with E-state index in [1.54, 1.807) is 6.92 Å². The molecule has 80 valence electrons. The van der Waals surface area contributed by atoms with Gasteiger partial charge in [0.15, 0.2) is 6.29 Å². The highest BCUT2D eigenvalue weighted by atomic mass is 32.1. The molecule has 1 aromatic heterocycles. The zero-order chi connectivity index (χ0) is 10.8. The quantitative estimate of drug-likeness (QED) is 0.584. The van der Waals surface area contributed by atoms with Crippen molar-refractivity contribution in [2.75, 3.05) is 6.61 Å². The Labute approximate surface area is 92.1 Å². The number of aldehydes is 1. The number of fused-ring (bicyclic) bond motifs is 1. The fourth-order valence-electron chi connectivity index (χ4n) is 1.96. The van der Waals surface area contributed by atoms with Crippen molar-refractivity contribution in [2.24, 2.45) is 0 Å². The summed E-state index contributed by atoms with van der Waals surface area (Å²) in [5, 5.41) is 0. The van der Waals surface area contributed by atoms with Gasteiger partial charge in [0.2, 0.25) is 0 Å². The summed E-state index contributed by atoms with van der Waals surface area (Å²) in [4.78, 5) is 23.8. The predicted molar refractivity (Wildman–Crippen MR) is 57.7 cm³/mol. The van der Waals surface area contributed by atoms with Gasteiger partial charge in [0.05, 0.1) is 11.5 Å². The minimum absolute atomic E-state index is 0.284. The lowest BCUT2D eigenvalue weighted by Crippen LogP contribution is -2.04. The first kappa shape index (κ1) is 10.4. The lowest BCUT2D eigenvalue weighted by molar-refractivity contribution is 0.0531. The number of ether oxygens (including phenoxy) is 1. The Morgan fingerprint density at radius 1 is 1.47 bits per heavy atom. The van der Waals surface area contributed by atoms with Gasteiger partial charge in [-0.25, -0.2) is 4.79 Å². The van der Waals surface area contributed by atoms with Gasteiger partial charge in [-0.05, 0) is 37.3 Å². The van der Waals surface area contributed by atoms with Crippen LogP contribution in [0.5, 0.6) is 0 Å². The fraction of sp³-hybridized carbons (Fsp3) is 0.455. The van der Waals surface area contributed by atoms with Crippen LogP contribution in [-0.4, -0.2) is 18.9 Å². The third-order valence-electron chi connectivity index (χ3n) is 2.57. The van der Waals surface area contributed by atoms with Gasteiger partial charge in [-0.3, -0.25) is 4.79 Å². The van der Waals surface area contributed by atoms with Crippen molar-refractivity contribution < 1.29 is 14.3 Å². The summed E-state index contributed by atoms with van der Waals surface area (Å²) in [6.45, 7) is 2.16. The Balaban J connectivity index is 2.40. The van der Waals surface area contributed by atoms with E-state index in [1.807, 2.05) is 0 Å². The van der Waals surface area contributed by atoms with Crippen molar-refractivity contribution in [2.45, 2.75) is 26.2 Å². The molecular weight excluding hydrogens is 212 g/mol.